The highest BCUT2D eigenvalue weighted by Crippen LogP contribution is 2.40. The highest BCUT2D eigenvalue weighted by Gasteiger charge is 2.17. The Bertz CT molecular complexity index is 2930. The lowest BCUT2D eigenvalue weighted by atomic mass is 10.0. The van der Waals surface area contributed by atoms with Crippen molar-refractivity contribution in [1.29, 1.82) is 0 Å². The molecule has 0 radical (unpaired) electrons. The van der Waals surface area contributed by atoms with Crippen molar-refractivity contribution in [3.8, 4) is 11.1 Å². The molecule has 0 atom stereocenters. The first-order chi connectivity index (χ1) is 25.2. The summed E-state index contributed by atoms with van der Waals surface area (Å²) in [5.74, 6) is 0. The van der Waals surface area contributed by atoms with E-state index in [0.717, 1.165) is 22.5 Å². The number of fused-ring (bicyclic) bond motifs is 9. The van der Waals surface area contributed by atoms with E-state index in [1.54, 1.807) is 0 Å². The third-order valence-electron chi connectivity index (χ3n) is 10.3. The maximum Gasteiger partial charge on any atom is 0.0620 e. The normalized spacial score (nSPS) is 12.4. The molecule has 0 amide bonds. The summed E-state index contributed by atoms with van der Waals surface area (Å²) in [6, 6.07) is 56.6. The van der Waals surface area contributed by atoms with E-state index < -0.39 is 0 Å². The average molecular weight is 652 g/mol. The van der Waals surface area contributed by atoms with E-state index in [-0.39, 0.29) is 0 Å². The number of rotatable bonds is 7. The summed E-state index contributed by atoms with van der Waals surface area (Å²) in [4.78, 5) is 0. The Kier molecular flexibility index (Phi) is 6.65. The van der Waals surface area contributed by atoms with Gasteiger partial charge in [0.1, 0.15) is 0 Å². The van der Waals surface area contributed by atoms with Crippen LogP contribution in [0.1, 0.15) is 5.56 Å². The van der Waals surface area contributed by atoms with E-state index in [0.29, 0.717) is 0 Å². The van der Waals surface area contributed by atoms with Gasteiger partial charge in [0, 0.05) is 49.9 Å². The van der Waals surface area contributed by atoms with Crippen molar-refractivity contribution in [3.63, 3.8) is 0 Å². The van der Waals surface area contributed by atoms with E-state index in [4.69, 9.17) is 0 Å². The van der Waals surface area contributed by atoms with Crippen LogP contribution in [0.2, 0.25) is 0 Å². The number of hydrogen-bond acceptors (Lipinski definition) is 1. The summed E-state index contributed by atoms with van der Waals surface area (Å²) in [6.07, 6.45) is 8.27. The van der Waals surface area contributed by atoms with E-state index in [2.05, 4.69) is 197 Å². The van der Waals surface area contributed by atoms with Gasteiger partial charge in [-0.1, -0.05) is 122 Å². The van der Waals surface area contributed by atoms with Crippen LogP contribution in [0.25, 0.3) is 82.8 Å². The molecule has 0 aliphatic heterocycles. The van der Waals surface area contributed by atoms with Gasteiger partial charge < -0.3 is 14.3 Å². The van der Waals surface area contributed by atoms with Gasteiger partial charge in [-0.3, -0.25) is 0 Å². The molecule has 1 N–H and O–H groups in total. The van der Waals surface area contributed by atoms with Crippen LogP contribution in [0.15, 0.2) is 183 Å². The topological polar surface area (TPSA) is 21.4 Å². The number of aromatic nitrogens is 2. The number of benzene rings is 7. The molecule has 0 aliphatic rings. The lowest BCUT2D eigenvalue weighted by molar-refractivity contribution is 1.29. The van der Waals surface area contributed by atoms with Crippen molar-refractivity contribution >= 4 is 83.0 Å². The van der Waals surface area contributed by atoms with Crippen molar-refractivity contribution in [2.24, 2.45) is 0 Å². The molecule has 3 heteroatoms. The molecule has 10 rings (SSSR count). The molecule has 3 nitrogen and oxygen atoms in total. The zero-order valence-electron chi connectivity index (χ0n) is 27.9. The fourth-order valence-corrected chi connectivity index (χ4v) is 7.90. The van der Waals surface area contributed by atoms with Crippen LogP contribution in [0, 0.1) is 0 Å². The van der Waals surface area contributed by atoms with Gasteiger partial charge >= 0.3 is 0 Å². The van der Waals surface area contributed by atoms with Crippen molar-refractivity contribution < 1.29 is 0 Å². The molecule has 0 spiro atoms. The molecule has 0 aliphatic carbocycles. The van der Waals surface area contributed by atoms with Crippen LogP contribution in [0.3, 0.4) is 0 Å². The Morgan fingerprint density at radius 3 is 1.69 bits per heavy atom. The second-order valence-corrected chi connectivity index (χ2v) is 13.1. The van der Waals surface area contributed by atoms with Crippen molar-refractivity contribution in [2.45, 2.75) is 0 Å². The molecule has 0 fully saturated rings. The second-order valence-electron chi connectivity index (χ2n) is 13.1. The molecule has 0 unspecified atom stereocenters. The summed E-state index contributed by atoms with van der Waals surface area (Å²) in [5, 5.41) is 11.3. The quantitative estimate of drug-likeness (QED) is 0.170. The maximum absolute atomic E-state index is 4.10. The Morgan fingerprint density at radius 1 is 0.490 bits per heavy atom. The molecule has 51 heavy (non-hydrogen) atoms. The zero-order chi connectivity index (χ0) is 33.9. The molecule has 0 saturated heterocycles. The third-order valence-corrected chi connectivity index (χ3v) is 10.3. The molecular weight excluding hydrogens is 619 g/mol. The van der Waals surface area contributed by atoms with E-state index in [1.807, 2.05) is 6.08 Å². The number of anilines is 2. The molecule has 240 valence electrons. The lowest BCUT2D eigenvalue weighted by Gasteiger charge is -2.10. The summed E-state index contributed by atoms with van der Waals surface area (Å²) in [6.45, 7) is 4.10. The average Bonchev–Trinajstić information content (AvgIpc) is 3.82. The summed E-state index contributed by atoms with van der Waals surface area (Å²) >= 11 is 0. The Hall–Kier alpha value is -6.84. The smallest absolute Gasteiger partial charge is 0.0620 e. The minimum absolute atomic E-state index is 1.04. The zero-order valence-corrected chi connectivity index (χ0v) is 27.9. The van der Waals surface area contributed by atoms with Gasteiger partial charge in [-0.25, -0.2) is 0 Å². The van der Waals surface area contributed by atoms with Crippen LogP contribution < -0.4 is 5.32 Å². The van der Waals surface area contributed by atoms with Gasteiger partial charge in [-0.2, -0.15) is 0 Å². The van der Waals surface area contributed by atoms with Crippen LogP contribution in [-0.4, -0.2) is 8.97 Å². The van der Waals surface area contributed by atoms with E-state index in [9.17, 15) is 0 Å². The largest absolute Gasteiger partial charge is 0.356 e. The Balaban J connectivity index is 0.885. The first-order valence-corrected chi connectivity index (χ1v) is 17.4. The highest BCUT2D eigenvalue weighted by molar-refractivity contribution is 6.23. The van der Waals surface area contributed by atoms with Gasteiger partial charge in [0.2, 0.25) is 0 Å². The van der Waals surface area contributed by atoms with Crippen molar-refractivity contribution in [3.05, 3.63) is 188 Å². The van der Waals surface area contributed by atoms with Crippen molar-refractivity contribution in [1.82, 2.24) is 8.97 Å². The maximum atomic E-state index is 4.10. The summed E-state index contributed by atoms with van der Waals surface area (Å²) in [7, 11) is 0. The Labute approximate surface area is 295 Å². The van der Waals surface area contributed by atoms with Gasteiger partial charge in [-0.05, 0) is 82.9 Å². The minimum atomic E-state index is 1.04. The standard InChI is InChI=1S/C48H33N3/c1-2-32(11-10-30-50-44-17-6-3-12-38(44)39-13-4-7-18-45(39)50)33-20-25-36(26-21-33)49-37-27-22-34(23-28-37)35-24-29-47-43(31-35)42-16-9-15-41-40-14-5-8-19-46(40)51(47)48(41)42/h2-31,49H,1H2/b30-10+,32-11+. The lowest BCUT2D eigenvalue weighted by Crippen LogP contribution is -1.91. The number of nitrogens with zero attached hydrogens (tertiary/aromatic N) is 2. The van der Waals surface area contributed by atoms with Crippen LogP contribution in [0.4, 0.5) is 11.4 Å². The molecule has 3 heterocycles. The highest BCUT2D eigenvalue weighted by atomic mass is 15.0. The van der Waals surface area contributed by atoms with Gasteiger partial charge in [0.15, 0.2) is 0 Å². The third kappa shape index (κ3) is 4.67. The SMILES string of the molecule is C=C/C(=C\C=C\n1c2ccccc2c2ccccc21)c1ccc(Nc2ccc(-c3ccc4c(c3)c3cccc5c6ccccc6n4c53)cc2)cc1. The molecule has 3 aromatic heterocycles. The van der Waals surface area contributed by atoms with Crippen molar-refractivity contribution in [2.75, 3.05) is 5.32 Å². The summed E-state index contributed by atoms with van der Waals surface area (Å²) in [5.41, 5.74) is 12.9. The number of hydrogen-bond donors (Lipinski definition) is 1. The fourth-order valence-electron chi connectivity index (χ4n) is 7.90. The van der Waals surface area contributed by atoms with Gasteiger partial charge in [0.05, 0.1) is 27.6 Å². The predicted octanol–water partition coefficient (Wildman–Crippen LogP) is 13.1. The molecule has 0 bridgehead atoms. The van der Waals surface area contributed by atoms with E-state index in [1.165, 1.54) is 71.0 Å². The van der Waals surface area contributed by atoms with Crippen LogP contribution >= 0.6 is 0 Å². The first kappa shape index (κ1) is 29.1. The first-order valence-electron chi connectivity index (χ1n) is 17.4. The molecular formula is C48H33N3. The van der Waals surface area contributed by atoms with Crippen LogP contribution in [0.5, 0.6) is 0 Å². The Morgan fingerprint density at radius 2 is 1.02 bits per heavy atom. The monoisotopic (exact) mass is 651 g/mol. The minimum Gasteiger partial charge on any atom is -0.356 e. The number of nitrogens with one attached hydrogen (secondary N) is 1. The second kappa shape index (κ2) is 11.6. The number of allylic oxidation sites excluding steroid dienone is 4. The van der Waals surface area contributed by atoms with Gasteiger partial charge in [-0.15, -0.1) is 0 Å². The number of para-hydroxylation sites is 4. The van der Waals surface area contributed by atoms with Gasteiger partial charge in [0.25, 0.3) is 0 Å². The van der Waals surface area contributed by atoms with Crippen LogP contribution in [-0.2, 0) is 0 Å². The molecule has 0 saturated carbocycles. The molecule has 10 aromatic rings. The summed E-state index contributed by atoms with van der Waals surface area (Å²) < 4.78 is 4.68. The predicted molar refractivity (Wildman–Crippen MR) is 219 cm³/mol. The van der Waals surface area contributed by atoms with E-state index >= 15 is 0 Å². The fraction of sp³-hybridized carbons (Fsp3) is 0. The molecule has 7 aromatic carbocycles.